The summed E-state index contributed by atoms with van der Waals surface area (Å²) in [6.45, 7) is 4.89. The van der Waals surface area contributed by atoms with Crippen LogP contribution in [0.3, 0.4) is 0 Å². The fourth-order valence-electron chi connectivity index (χ4n) is 1.95. The van der Waals surface area contributed by atoms with Crippen LogP contribution in [0.2, 0.25) is 0 Å². The highest BCUT2D eigenvalue weighted by Gasteiger charge is 2.18. The number of rotatable bonds is 8. The van der Waals surface area contributed by atoms with Gasteiger partial charge in [0.05, 0.1) is 18.1 Å². The van der Waals surface area contributed by atoms with Gasteiger partial charge < -0.3 is 10.3 Å². The lowest BCUT2D eigenvalue weighted by atomic mass is 10.2. The number of nitrogens with two attached hydrogens (primary N) is 1. The van der Waals surface area contributed by atoms with Crippen LogP contribution < -0.4 is 5.73 Å². The number of hydrogen-bond donors (Lipinski definition) is 1. The quantitative estimate of drug-likeness (QED) is 0.767. The molecule has 0 radical (unpaired) electrons. The van der Waals surface area contributed by atoms with Gasteiger partial charge in [-0.2, -0.15) is 11.8 Å². The summed E-state index contributed by atoms with van der Waals surface area (Å²) in [4.78, 5) is 6.57. The van der Waals surface area contributed by atoms with Gasteiger partial charge >= 0.3 is 0 Å². The van der Waals surface area contributed by atoms with Crippen molar-refractivity contribution in [1.29, 1.82) is 0 Å². The summed E-state index contributed by atoms with van der Waals surface area (Å²) >= 11 is 1.86. The smallest absolute Gasteiger partial charge is 0.0948 e. The molecule has 0 aliphatic rings. The van der Waals surface area contributed by atoms with Crippen LogP contribution in [0.25, 0.3) is 0 Å². The van der Waals surface area contributed by atoms with Gasteiger partial charge in [0, 0.05) is 31.6 Å². The third kappa shape index (κ3) is 4.01. The largest absolute Gasteiger partial charge is 0.333 e. The maximum Gasteiger partial charge on any atom is 0.0948 e. The standard InChI is InChI=1S/C12H24N4S/c1-4-5-16-10-14-9-12(16)11(8-13)15(2)6-7-17-3/h9-11H,4-8,13H2,1-3H3. The second-order valence-electron chi connectivity index (χ2n) is 4.24. The molecule has 4 nitrogen and oxygen atoms in total. The first-order chi connectivity index (χ1) is 8.24. The second kappa shape index (κ2) is 7.74. The van der Waals surface area contributed by atoms with E-state index >= 15 is 0 Å². The van der Waals surface area contributed by atoms with E-state index in [-0.39, 0.29) is 6.04 Å². The second-order valence-corrected chi connectivity index (χ2v) is 5.22. The van der Waals surface area contributed by atoms with Gasteiger partial charge in [0.1, 0.15) is 0 Å². The van der Waals surface area contributed by atoms with E-state index in [9.17, 15) is 0 Å². The van der Waals surface area contributed by atoms with Crippen molar-refractivity contribution in [1.82, 2.24) is 14.5 Å². The van der Waals surface area contributed by atoms with Crippen LogP contribution in [-0.2, 0) is 6.54 Å². The number of aryl methyl sites for hydroxylation is 1. The first-order valence-corrected chi connectivity index (χ1v) is 7.53. The Balaban J connectivity index is 2.74. The highest BCUT2D eigenvalue weighted by atomic mass is 32.2. The molecule has 0 aromatic carbocycles. The Hall–Kier alpha value is -0.520. The van der Waals surface area contributed by atoms with Crippen LogP contribution in [0.5, 0.6) is 0 Å². The number of thioether (sulfide) groups is 1. The summed E-state index contributed by atoms with van der Waals surface area (Å²) in [6.07, 6.45) is 7.11. The van der Waals surface area contributed by atoms with Gasteiger partial charge in [-0.3, -0.25) is 4.90 Å². The van der Waals surface area contributed by atoms with Crippen molar-refractivity contribution in [3.05, 3.63) is 18.2 Å². The number of nitrogens with zero attached hydrogens (tertiary/aromatic N) is 3. The van der Waals surface area contributed by atoms with Gasteiger partial charge in [-0.05, 0) is 19.7 Å². The molecule has 0 amide bonds. The lowest BCUT2D eigenvalue weighted by Crippen LogP contribution is -2.33. The van der Waals surface area contributed by atoms with Gasteiger partial charge in [0.2, 0.25) is 0 Å². The number of hydrogen-bond acceptors (Lipinski definition) is 4. The molecular formula is C12H24N4S. The van der Waals surface area contributed by atoms with Crippen molar-refractivity contribution in [2.75, 3.05) is 32.1 Å². The Bertz CT molecular complexity index is 313. The van der Waals surface area contributed by atoms with Crippen molar-refractivity contribution < 1.29 is 0 Å². The SMILES string of the molecule is CCCn1cncc1C(CN)N(C)CCSC. The van der Waals surface area contributed by atoms with E-state index in [1.807, 2.05) is 24.3 Å². The maximum atomic E-state index is 5.91. The lowest BCUT2D eigenvalue weighted by molar-refractivity contribution is 0.254. The number of imidazole rings is 1. The van der Waals surface area contributed by atoms with Crippen LogP contribution in [-0.4, -0.2) is 46.6 Å². The minimum Gasteiger partial charge on any atom is -0.333 e. The Morgan fingerprint density at radius 1 is 1.59 bits per heavy atom. The molecule has 0 aliphatic heterocycles. The van der Waals surface area contributed by atoms with Gasteiger partial charge in [0.15, 0.2) is 0 Å². The molecule has 17 heavy (non-hydrogen) atoms. The van der Waals surface area contributed by atoms with E-state index in [1.54, 1.807) is 0 Å². The molecule has 0 spiro atoms. The summed E-state index contributed by atoms with van der Waals surface area (Å²) in [5.41, 5.74) is 7.15. The van der Waals surface area contributed by atoms with E-state index in [2.05, 4.69) is 34.7 Å². The molecule has 0 fully saturated rings. The van der Waals surface area contributed by atoms with Crippen molar-refractivity contribution in [2.45, 2.75) is 25.9 Å². The van der Waals surface area contributed by atoms with E-state index < -0.39 is 0 Å². The molecule has 1 heterocycles. The molecule has 0 saturated carbocycles. The summed E-state index contributed by atoms with van der Waals surface area (Å²) in [5, 5.41) is 0. The van der Waals surface area contributed by atoms with Crippen LogP contribution in [0, 0.1) is 0 Å². The van der Waals surface area contributed by atoms with E-state index in [1.165, 1.54) is 5.69 Å². The van der Waals surface area contributed by atoms with Gasteiger partial charge in [-0.1, -0.05) is 6.92 Å². The minimum absolute atomic E-state index is 0.274. The van der Waals surface area contributed by atoms with E-state index in [4.69, 9.17) is 5.73 Å². The van der Waals surface area contributed by atoms with Crippen LogP contribution in [0.4, 0.5) is 0 Å². The van der Waals surface area contributed by atoms with Crippen molar-refractivity contribution in [3.63, 3.8) is 0 Å². The van der Waals surface area contributed by atoms with Crippen LogP contribution in [0.15, 0.2) is 12.5 Å². The van der Waals surface area contributed by atoms with Gasteiger partial charge in [-0.25, -0.2) is 4.98 Å². The fraction of sp³-hybridized carbons (Fsp3) is 0.750. The third-order valence-corrected chi connectivity index (χ3v) is 3.54. The first-order valence-electron chi connectivity index (χ1n) is 6.13. The van der Waals surface area contributed by atoms with Gasteiger partial charge in [0.25, 0.3) is 0 Å². The van der Waals surface area contributed by atoms with Crippen molar-refractivity contribution >= 4 is 11.8 Å². The summed E-state index contributed by atoms with van der Waals surface area (Å²) in [5.74, 6) is 1.13. The van der Waals surface area contributed by atoms with Crippen LogP contribution in [0.1, 0.15) is 25.1 Å². The van der Waals surface area contributed by atoms with Gasteiger partial charge in [-0.15, -0.1) is 0 Å². The molecule has 0 bridgehead atoms. The molecule has 0 saturated heterocycles. The van der Waals surface area contributed by atoms with E-state index in [0.29, 0.717) is 6.54 Å². The Kier molecular flexibility index (Phi) is 6.62. The minimum atomic E-state index is 0.274. The zero-order valence-electron chi connectivity index (χ0n) is 11.1. The fourth-order valence-corrected chi connectivity index (χ4v) is 2.42. The van der Waals surface area contributed by atoms with E-state index in [0.717, 1.165) is 25.3 Å². The Labute approximate surface area is 109 Å². The molecular weight excluding hydrogens is 232 g/mol. The molecule has 5 heteroatoms. The monoisotopic (exact) mass is 256 g/mol. The number of aromatic nitrogens is 2. The van der Waals surface area contributed by atoms with Crippen LogP contribution >= 0.6 is 11.8 Å². The Morgan fingerprint density at radius 3 is 2.94 bits per heavy atom. The third-order valence-electron chi connectivity index (χ3n) is 2.95. The Morgan fingerprint density at radius 2 is 2.35 bits per heavy atom. The average Bonchev–Trinajstić information content (AvgIpc) is 2.76. The average molecular weight is 256 g/mol. The highest BCUT2D eigenvalue weighted by Crippen LogP contribution is 2.18. The molecule has 1 aromatic rings. The normalized spacial score (nSPS) is 13.2. The predicted octanol–water partition coefficient (Wildman–Crippen LogP) is 1.59. The first kappa shape index (κ1) is 14.5. The molecule has 1 rings (SSSR count). The number of likely N-dealkylation sites (N-methyl/N-ethyl adjacent to an activating group) is 1. The summed E-state index contributed by atoms with van der Waals surface area (Å²) in [6, 6.07) is 0.274. The summed E-state index contributed by atoms with van der Waals surface area (Å²) in [7, 11) is 2.14. The molecule has 1 unspecified atom stereocenters. The highest BCUT2D eigenvalue weighted by molar-refractivity contribution is 7.98. The molecule has 1 aromatic heterocycles. The zero-order valence-corrected chi connectivity index (χ0v) is 11.9. The lowest BCUT2D eigenvalue weighted by Gasteiger charge is -2.27. The van der Waals surface area contributed by atoms with Crippen molar-refractivity contribution in [2.24, 2.45) is 5.73 Å². The molecule has 0 aliphatic carbocycles. The molecule has 98 valence electrons. The molecule has 2 N–H and O–H groups in total. The maximum absolute atomic E-state index is 5.91. The summed E-state index contributed by atoms with van der Waals surface area (Å²) < 4.78 is 2.22. The topological polar surface area (TPSA) is 47.1 Å². The van der Waals surface area contributed by atoms with Crippen molar-refractivity contribution in [3.8, 4) is 0 Å². The predicted molar refractivity (Wildman–Crippen MR) is 75.3 cm³/mol. The zero-order chi connectivity index (χ0) is 12.7. The molecule has 1 atom stereocenters.